The fourth-order valence-corrected chi connectivity index (χ4v) is 2.45. The van der Waals surface area contributed by atoms with E-state index in [1.54, 1.807) is 12.4 Å². The summed E-state index contributed by atoms with van der Waals surface area (Å²) in [7, 11) is 0. The van der Waals surface area contributed by atoms with Crippen molar-refractivity contribution in [2.45, 2.75) is 19.6 Å². The van der Waals surface area contributed by atoms with Gasteiger partial charge in [-0.2, -0.15) is 0 Å². The molecule has 0 spiro atoms. The van der Waals surface area contributed by atoms with Crippen LogP contribution in [0.15, 0.2) is 64.4 Å². The Morgan fingerprint density at radius 1 is 0.833 bits per heavy atom. The molecule has 0 bridgehead atoms. The Labute approximate surface area is 138 Å². The highest BCUT2D eigenvalue weighted by molar-refractivity contribution is 5.07. The minimum atomic E-state index is -0.506. The maximum absolute atomic E-state index is 11.5. The van der Waals surface area contributed by atoms with Gasteiger partial charge >= 0.3 is 5.69 Å². The number of nitrogens with one attached hydrogen (secondary N) is 2. The van der Waals surface area contributed by atoms with Crippen LogP contribution in [0.1, 0.15) is 17.1 Å². The zero-order chi connectivity index (χ0) is 16.8. The summed E-state index contributed by atoms with van der Waals surface area (Å²) in [5.74, 6) is 0. The molecular weight excluding hydrogens is 306 g/mol. The zero-order valence-electron chi connectivity index (χ0n) is 13.0. The summed E-state index contributed by atoms with van der Waals surface area (Å²) < 4.78 is 0. The smallest absolute Gasteiger partial charge is 0.310 e. The molecule has 0 fully saturated rings. The molecule has 0 aliphatic carbocycles. The van der Waals surface area contributed by atoms with Gasteiger partial charge in [0.15, 0.2) is 0 Å². The van der Waals surface area contributed by atoms with Crippen molar-refractivity contribution in [3.63, 3.8) is 0 Å². The standard InChI is InChI=1S/C17H17N5O2/c23-16-9-15(20-17(24)21-16)12-22(10-13-5-1-3-7-18-13)11-14-6-2-4-8-19-14/h1-9H,10-12H2,(H2,20,21,23,24). The predicted molar refractivity (Wildman–Crippen MR) is 89.1 cm³/mol. The van der Waals surface area contributed by atoms with Crippen molar-refractivity contribution >= 4 is 0 Å². The fourth-order valence-electron chi connectivity index (χ4n) is 2.45. The molecule has 0 amide bonds. The van der Waals surface area contributed by atoms with E-state index < -0.39 is 11.2 Å². The Morgan fingerprint density at radius 2 is 1.46 bits per heavy atom. The summed E-state index contributed by atoms with van der Waals surface area (Å²) in [6.07, 6.45) is 3.48. The highest BCUT2D eigenvalue weighted by atomic mass is 16.2. The molecule has 3 aromatic heterocycles. The lowest BCUT2D eigenvalue weighted by atomic mass is 10.2. The number of hydrogen-bond acceptors (Lipinski definition) is 5. The second-order valence-electron chi connectivity index (χ2n) is 5.40. The van der Waals surface area contributed by atoms with E-state index in [1.165, 1.54) is 6.07 Å². The molecule has 0 aliphatic rings. The van der Waals surface area contributed by atoms with Gasteiger partial charge in [-0.1, -0.05) is 12.1 Å². The molecular formula is C17H17N5O2. The maximum Gasteiger partial charge on any atom is 0.325 e. The van der Waals surface area contributed by atoms with Gasteiger partial charge in [0.1, 0.15) is 0 Å². The highest BCUT2D eigenvalue weighted by Gasteiger charge is 2.11. The molecule has 0 radical (unpaired) electrons. The first-order chi connectivity index (χ1) is 11.7. The maximum atomic E-state index is 11.5. The average molecular weight is 323 g/mol. The van der Waals surface area contributed by atoms with Gasteiger partial charge < -0.3 is 4.98 Å². The van der Waals surface area contributed by atoms with Gasteiger partial charge in [-0.25, -0.2) is 4.79 Å². The van der Waals surface area contributed by atoms with Crippen LogP contribution >= 0.6 is 0 Å². The van der Waals surface area contributed by atoms with Crippen molar-refractivity contribution in [1.29, 1.82) is 0 Å². The van der Waals surface area contributed by atoms with Crippen molar-refractivity contribution in [3.8, 4) is 0 Å². The zero-order valence-corrected chi connectivity index (χ0v) is 13.0. The number of pyridine rings is 2. The van der Waals surface area contributed by atoms with Gasteiger partial charge in [0.25, 0.3) is 5.56 Å². The summed E-state index contributed by atoms with van der Waals surface area (Å²) in [5.41, 5.74) is 1.44. The molecule has 0 aliphatic heterocycles. The Morgan fingerprint density at radius 3 is 1.96 bits per heavy atom. The topological polar surface area (TPSA) is 94.7 Å². The van der Waals surface area contributed by atoms with Crippen LogP contribution in [0.4, 0.5) is 0 Å². The minimum absolute atomic E-state index is 0.409. The van der Waals surface area contributed by atoms with Crippen LogP contribution < -0.4 is 11.2 Å². The molecule has 0 aromatic carbocycles. The van der Waals surface area contributed by atoms with Crippen LogP contribution in [0.25, 0.3) is 0 Å². The quantitative estimate of drug-likeness (QED) is 0.707. The Bertz CT molecular complexity index is 820. The minimum Gasteiger partial charge on any atom is -0.310 e. The Hall–Kier alpha value is -3.06. The second-order valence-corrected chi connectivity index (χ2v) is 5.40. The third kappa shape index (κ3) is 4.47. The van der Waals surface area contributed by atoms with Crippen molar-refractivity contribution < 1.29 is 0 Å². The van der Waals surface area contributed by atoms with E-state index in [4.69, 9.17) is 0 Å². The number of aromatic amines is 2. The van der Waals surface area contributed by atoms with Crippen molar-refractivity contribution in [3.05, 3.63) is 92.8 Å². The average Bonchev–Trinajstić information content (AvgIpc) is 2.55. The number of aromatic nitrogens is 4. The molecule has 0 atom stereocenters. The van der Waals surface area contributed by atoms with Crippen LogP contribution in [0.5, 0.6) is 0 Å². The highest BCUT2D eigenvalue weighted by Crippen LogP contribution is 2.09. The third-order valence-electron chi connectivity index (χ3n) is 3.43. The normalized spacial score (nSPS) is 10.9. The molecule has 0 saturated carbocycles. The molecule has 0 unspecified atom stereocenters. The molecule has 0 saturated heterocycles. The first-order valence-electron chi connectivity index (χ1n) is 7.54. The van der Waals surface area contributed by atoms with E-state index in [0.717, 1.165) is 11.4 Å². The summed E-state index contributed by atoms with van der Waals surface area (Å²) in [4.78, 5) is 38.5. The number of nitrogens with zero attached hydrogens (tertiary/aromatic N) is 3. The Kier molecular flexibility index (Phi) is 4.93. The molecule has 7 heteroatoms. The Balaban J connectivity index is 1.83. The van der Waals surface area contributed by atoms with Crippen LogP contribution in [-0.2, 0) is 19.6 Å². The lowest BCUT2D eigenvalue weighted by molar-refractivity contribution is 0.238. The number of H-pyrrole nitrogens is 2. The molecule has 7 nitrogen and oxygen atoms in total. The van der Waals surface area contributed by atoms with Crippen molar-refractivity contribution in [2.75, 3.05) is 0 Å². The lowest BCUT2D eigenvalue weighted by Gasteiger charge is -2.21. The molecule has 2 N–H and O–H groups in total. The van der Waals surface area contributed by atoms with E-state index in [0.29, 0.717) is 25.3 Å². The number of hydrogen-bond donors (Lipinski definition) is 2. The van der Waals surface area contributed by atoms with Crippen LogP contribution in [0, 0.1) is 0 Å². The van der Waals surface area contributed by atoms with Gasteiger partial charge in [0, 0.05) is 43.8 Å². The monoisotopic (exact) mass is 323 g/mol. The van der Waals surface area contributed by atoms with E-state index in [9.17, 15) is 9.59 Å². The van der Waals surface area contributed by atoms with Gasteiger partial charge in [0.2, 0.25) is 0 Å². The van der Waals surface area contributed by atoms with Crippen LogP contribution in [0.2, 0.25) is 0 Å². The van der Waals surface area contributed by atoms with E-state index >= 15 is 0 Å². The van der Waals surface area contributed by atoms with Gasteiger partial charge in [-0.3, -0.25) is 24.6 Å². The first-order valence-corrected chi connectivity index (χ1v) is 7.54. The van der Waals surface area contributed by atoms with Gasteiger partial charge in [0.05, 0.1) is 11.4 Å². The molecule has 24 heavy (non-hydrogen) atoms. The molecule has 3 rings (SSSR count). The van der Waals surface area contributed by atoms with Crippen molar-refractivity contribution in [2.24, 2.45) is 0 Å². The summed E-state index contributed by atoms with van der Waals surface area (Å²) >= 11 is 0. The lowest BCUT2D eigenvalue weighted by Crippen LogP contribution is -2.28. The van der Waals surface area contributed by atoms with Gasteiger partial charge in [-0.05, 0) is 24.3 Å². The number of rotatable bonds is 6. The first kappa shape index (κ1) is 15.8. The van der Waals surface area contributed by atoms with E-state index in [1.807, 2.05) is 36.4 Å². The summed E-state index contributed by atoms with van der Waals surface area (Å²) in [6.45, 7) is 1.56. The third-order valence-corrected chi connectivity index (χ3v) is 3.43. The molecule has 3 aromatic rings. The fraction of sp³-hybridized carbons (Fsp3) is 0.176. The summed E-state index contributed by atoms with van der Waals surface area (Å²) in [5, 5.41) is 0. The largest absolute Gasteiger partial charge is 0.325 e. The van der Waals surface area contributed by atoms with Crippen molar-refractivity contribution in [1.82, 2.24) is 24.8 Å². The van der Waals surface area contributed by atoms with Crippen LogP contribution in [0.3, 0.4) is 0 Å². The SMILES string of the molecule is O=c1cc(CN(Cc2ccccn2)Cc2ccccn2)[nH]c(=O)[nH]1. The van der Waals surface area contributed by atoms with Crippen LogP contribution in [-0.4, -0.2) is 24.8 Å². The molecule has 3 heterocycles. The predicted octanol–water partition coefficient (Wildman–Crippen LogP) is 1.06. The van der Waals surface area contributed by atoms with E-state index in [2.05, 4.69) is 24.8 Å². The second kappa shape index (κ2) is 7.47. The van der Waals surface area contributed by atoms with E-state index in [-0.39, 0.29) is 0 Å². The summed E-state index contributed by atoms with van der Waals surface area (Å²) in [6, 6.07) is 12.8. The molecule has 122 valence electrons. The van der Waals surface area contributed by atoms with Gasteiger partial charge in [-0.15, -0.1) is 0 Å².